The number of H-pyrrole nitrogens is 1. The first-order valence-corrected chi connectivity index (χ1v) is 5.58. The molecular weight excluding hydrogens is 206 g/mol. The summed E-state index contributed by atoms with van der Waals surface area (Å²) >= 11 is 0. The Morgan fingerprint density at radius 1 is 1.50 bits per heavy atom. The highest BCUT2D eigenvalue weighted by Gasteiger charge is 2.24. The minimum absolute atomic E-state index is 0.281. The Morgan fingerprint density at radius 2 is 2.19 bits per heavy atom. The Hall–Kier alpha value is -1.52. The average Bonchev–Trinajstić information content (AvgIpc) is 2.72. The monoisotopic (exact) mass is 225 g/mol. The first kappa shape index (κ1) is 12.5. The number of carbonyl (C=O) groups is 1. The summed E-state index contributed by atoms with van der Waals surface area (Å²) in [6, 6.07) is 0. The van der Waals surface area contributed by atoms with E-state index in [4.69, 9.17) is 0 Å². The number of hydrogen-bond donors (Lipinski definition) is 1. The Kier molecular flexibility index (Phi) is 4.34. The molecule has 0 aliphatic carbocycles. The summed E-state index contributed by atoms with van der Waals surface area (Å²) in [4.78, 5) is 12.9. The van der Waals surface area contributed by atoms with Crippen LogP contribution < -0.4 is 0 Å². The number of nitrogens with one attached hydrogen (secondary N) is 1. The van der Waals surface area contributed by atoms with E-state index in [1.54, 1.807) is 4.90 Å². The van der Waals surface area contributed by atoms with E-state index in [1.165, 1.54) is 12.7 Å². The SMILES string of the molecule is CC.COC(=O)N1CCc2c(n[nH]c2C)C1. The van der Waals surface area contributed by atoms with Crippen LogP contribution in [-0.2, 0) is 17.7 Å². The quantitative estimate of drug-likeness (QED) is 0.733. The summed E-state index contributed by atoms with van der Waals surface area (Å²) in [5.41, 5.74) is 3.30. The topological polar surface area (TPSA) is 58.2 Å². The molecule has 0 aromatic carbocycles. The highest BCUT2D eigenvalue weighted by atomic mass is 16.5. The molecule has 0 saturated heterocycles. The van der Waals surface area contributed by atoms with Crippen LogP contribution in [0.15, 0.2) is 0 Å². The van der Waals surface area contributed by atoms with E-state index < -0.39 is 0 Å². The summed E-state index contributed by atoms with van der Waals surface area (Å²) in [7, 11) is 1.40. The molecule has 90 valence electrons. The van der Waals surface area contributed by atoms with Crippen LogP contribution in [0.3, 0.4) is 0 Å². The molecule has 0 fully saturated rings. The smallest absolute Gasteiger partial charge is 0.409 e. The largest absolute Gasteiger partial charge is 0.453 e. The Morgan fingerprint density at radius 3 is 2.81 bits per heavy atom. The van der Waals surface area contributed by atoms with E-state index in [0.717, 1.165) is 17.8 Å². The first-order valence-electron chi connectivity index (χ1n) is 5.58. The van der Waals surface area contributed by atoms with Gasteiger partial charge in [-0.3, -0.25) is 5.10 Å². The highest BCUT2D eigenvalue weighted by Crippen LogP contribution is 2.19. The number of fused-ring (bicyclic) bond motifs is 1. The fourth-order valence-electron chi connectivity index (χ4n) is 1.76. The number of aromatic amines is 1. The molecule has 16 heavy (non-hydrogen) atoms. The van der Waals surface area contributed by atoms with Crippen molar-refractivity contribution in [3.63, 3.8) is 0 Å². The summed E-state index contributed by atoms with van der Waals surface area (Å²) in [5, 5.41) is 7.08. The molecule has 1 aliphatic heterocycles. The first-order chi connectivity index (χ1) is 7.72. The lowest BCUT2D eigenvalue weighted by Crippen LogP contribution is -2.35. The number of carbonyl (C=O) groups excluding carboxylic acids is 1. The molecule has 1 N–H and O–H groups in total. The Balaban J connectivity index is 0.000000606. The van der Waals surface area contributed by atoms with Gasteiger partial charge >= 0.3 is 6.09 Å². The van der Waals surface area contributed by atoms with Crippen LogP contribution in [0.5, 0.6) is 0 Å². The second-order valence-corrected chi connectivity index (χ2v) is 3.42. The molecular formula is C11H19N3O2. The summed E-state index contributed by atoms with van der Waals surface area (Å²) in [5.74, 6) is 0. The van der Waals surface area contributed by atoms with Crippen molar-refractivity contribution in [3.8, 4) is 0 Å². The van der Waals surface area contributed by atoms with E-state index in [1.807, 2.05) is 20.8 Å². The zero-order chi connectivity index (χ0) is 12.1. The average molecular weight is 225 g/mol. The van der Waals surface area contributed by atoms with Crippen molar-refractivity contribution in [1.29, 1.82) is 0 Å². The van der Waals surface area contributed by atoms with Crippen LogP contribution in [0.4, 0.5) is 4.79 Å². The van der Waals surface area contributed by atoms with Crippen LogP contribution in [0.25, 0.3) is 0 Å². The van der Waals surface area contributed by atoms with Gasteiger partial charge in [0.25, 0.3) is 0 Å². The number of rotatable bonds is 0. The molecule has 2 rings (SSSR count). The van der Waals surface area contributed by atoms with E-state index >= 15 is 0 Å². The summed E-state index contributed by atoms with van der Waals surface area (Å²) in [6.45, 7) is 7.26. The normalized spacial score (nSPS) is 13.6. The van der Waals surface area contributed by atoms with Gasteiger partial charge in [-0.1, -0.05) is 13.8 Å². The van der Waals surface area contributed by atoms with Gasteiger partial charge in [0, 0.05) is 12.2 Å². The lowest BCUT2D eigenvalue weighted by atomic mass is 10.1. The van der Waals surface area contributed by atoms with Crippen molar-refractivity contribution >= 4 is 6.09 Å². The summed E-state index contributed by atoms with van der Waals surface area (Å²) < 4.78 is 4.66. The number of aromatic nitrogens is 2. The van der Waals surface area contributed by atoms with Gasteiger partial charge in [0.2, 0.25) is 0 Å². The number of methoxy groups -OCH3 is 1. The third kappa shape index (κ3) is 2.35. The Labute approximate surface area is 95.8 Å². The predicted octanol–water partition coefficient (Wildman–Crippen LogP) is 1.87. The van der Waals surface area contributed by atoms with Crippen molar-refractivity contribution in [1.82, 2.24) is 15.1 Å². The minimum atomic E-state index is -0.281. The molecule has 0 spiro atoms. The number of hydrogen-bond acceptors (Lipinski definition) is 3. The zero-order valence-electron chi connectivity index (χ0n) is 10.3. The van der Waals surface area contributed by atoms with Crippen LogP contribution in [0, 0.1) is 6.92 Å². The van der Waals surface area contributed by atoms with Crippen molar-refractivity contribution in [3.05, 3.63) is 17.0 Å². The van der Waals surface area contributed by atoms with Gasteiger partial charge in [-0.2, -0.15) is 5.10 Å². The van der Waals surface area contributed by atoms with Crippen LogP contribution in [0.1, 0.15) is 30.8 Å². The molecule has 0 unspecified atom stereocenters. The molecule has 0 bridgehead atoms. The lowest BCUT2D eigenvalue weighted by Gasteiger charge is -2.24. The van der Waals surface area contributed by atoms with Crippen molar-refractivity contribution in [2.45, 2.75) is 33.7 Å². The number of nitrogens with zero attached hydrogens (tertiary/aromatic N) is 2. The molecule has 1 aromatic heterocycles. The van der Waals surface area contributed by atoms with E-state index in [9.17, 15) is 4.79 Å². The Bertz CT molecular complexity index is 360. The molecule has 1 aromatic rings. The second kappa shape index (κ2) is 5.53. The third-order valence-corrected chi connectivity index (χ3v) is 2.56. The maximum absolute atomic E-state index is 11.2. The molecule has 1 aliphatic rings. The van der Waals surface area contributed by atoms with Gasteiger partial charge in [0.15, 0.2) is 0 Å². The molecule has 1 amide bonds. The molecule has 0 radical (unpaired) electrons. The maximum atomic E-state index is 11.2. The van der Waals surface area contributed by atoms with Crippen molar-refractivity contribution < 1.29 is 9.53 Å². The van der Waals surface area contributed by atoms with E-state index in [2.05, 4.69) is 14.9 Å². The predicted molar refractivity (Wildman–Crippen MR) is 61.2 cm³/mol. The van der Waals surface area contributed by atoms with Gasteiger partial charge in [0.1, 0.15) is 0 Å². The van der Waals surface area contributed by atoms with Gasteiger partial charge in [0.05, 0.1) is 19.3 Å². The van der Waals surface area contributed by atoms with Gasteiger partial charge in [-0.05, 0) is 18.9 Å². The number of aryl methyl sites for hydroxylation is 1. The van der Waals surface area contributed by atoms with Crippen molar-refractivity contribution in [2.75, 3.05) is 13.7 Å². The molecule has 5 nitrogen and oxygen atoms in total. The van der Waals surface area contributed by atoms with Crippen LogP contribution in [0.2, 0.25) is 0 Å². The fraction of sp³-hybridized carbons (Fsp3) is 0.636. The fourth-order valence-corrected chi connectivity index (χ4v) is 1.76. The van der Waals surface area contributed by atoms with Crippen LogP contribution in [-0.4, -0.2) is 34.8 Å². The van der Waals surface area contributed by atoms with E-state index in [-0.39, 0.29) is 6.09 Å². The number of ether oxygens (including phenoxy) is 1. The third-order valence-electron chi connectivity index (χ3n) is 2.56. The minimum Gasteiger partial charge on any atom is -0.453 e. The molecule has 0 saturated carbocycles. The number of amides is 1. The van der Waals surface area contributed by atoms with Gasteiger partial charge in [-0.15, -0.1) is 0 Å². The van der Waals surface area contributed by atoms with Gasteiger partial charge in [-0.25, -0.2) is 4.79 Å². The second-order valence-electron chi connectivity index (χ2n) is 3.42. The van der Waals surface area contributed by atoms with Gasteiger partial charge < -0.3 is 9.64 Å². The molecule has 5 heteroatoms. The lowest BCUT2D eigenvalue weighted by molar-refractivity contribution is 0.118. The summed E-state index contributed by atoms with van der Waals surface area (Å²) in [6.07, 6.45) is 0.573. The van der Waals surface area contributed by atoms with E-state index in [0.29, 0.717) is 13.1 Å². The molecule has 0 atom stereocenters. The molecule has 2 heterocycles. The zero-order valence-corrected chi connectivity index (χ0v) is 10.3. The maximum Gasteiger partial charge on any atom is 0.409 e. The standard InChI is InChI=1S/C9H13N3O2.C2H6/c1-6-7-3-4-12(9(13)14-2)5-8(7)11-10-6;1-2/h3-5H2,1-2H3,(H,10,11);1-2H3. The highest BCUT2D eigenvalue weighted by molar-refractivity contribution is 5.67. The van der Waals surface area contributed by atoms with Crippen molar-refractivity contribution in [2.24, 2.45) is 0 Å². The van der Waals surface area contributed by atoms with Crippen LogP contribution >= 0.6 is 0 Å².